The summed E-state index contributed by atoms with van der Waals surface area (Å²) in [7, 11) is 0. The molecule has 31 heavy (non-hydrogen) atoms. The molecule has 0 heterocycles. The van der Waals surface area contributed by atoms with Crippen molar-refractivity contribution in [2.45, 2.75) is 20.3 Å². The van der Waals surface area contributed by atoms with Gasteiger partial charge in [-0.25, -0.2) is 4.79 Å². The topological polar surface area (TPSA) is 113 Å². The number of amides is 1. The number of hydrogen-bond acceptors (Lipinski definition) is 6. The highest BCUT2D eigenvalue weighted by Gasteiger charge is 2.19. The maximum atomic E-state index is 12.4. The van der Waals surface area contributed by atoms with Gasteiger partial charge in [-0.3, -0.25) is 9.59 Å². The van der Waals surface area contributed by atoms with Gasteiger partial charge >= 0.3 is 5.97 Å². The van der Waals surface area contributed by atoms with Crippen molar-refractivity contribution >= 4 is 34.1 Å². The summed E-state index contributed by atoms with van der Waals surface area (Å²) in [5.74, 6) is -1.75. The van der Waals surface area contributed by atoms with Crippen LogP contribution in [0.1, 0.15) is 41.0 Å². The first-order chi connectivity index (χ1) is 14.8. The van der Waals surface area contributed by atoms with E-state index in [2.05, 4.69) is 5.32 Å². The Bertz CT molecular complexity index is 1130. The zero-order valence-electron chi connectivity index (χ0n) is 17.2. The summed E-state index contributed by atoms with van der Waals surface area (Å²) in [5, 5.41) is 23.9. The van der Waals surface area contributed by atoms with Crippen molar-refractivity contribution in [3.05, 3.63) is 65.7 Å². The van der Waals surface area contributed by atoms with E-state index in [0.29, 0.717) is 28.4 Å². The number of nitrogens with one attached hydrogen (secondary N) is 1. The first-order valence-corrected chi connectivity index (χ1v) is 9.80. The monoisotopic (exact) mass is 421 g/mol. The Morgan fingerprint density at radius 3 is 2.26 bits per heavy atom. The molecule has 0 aliphatic rings. The van der Waals surface area contributed by atoms with E-state index < -0.39 is 18.4 Å². The van der Waals surface area contributed by atoms with Crippen LogP contribution in [0.25, 0.3) is 10.8 Å². The number of phenols is 2. The summed E-state index contributed by atoms with van der Waals surface area (Å²) < 4.78 is 5.04. The molecular weight excluding hydrogens is 398 g/mol. The highest BCUT2D eigenvalue weighted by atomic mass is 16.5. The van der Waals surface area contributed by atoms with Gasteiger partial charge in [0.05, 0.1) is 0 Å². The van der Waals surface area contributed by atoms with E-state index in [1.807, 2.05) is 13.8 Å². The summed E-state index contributed by atoms with van der Waals surface area (Å²) in [4.78, 5) is 36.5. The molecule has 7 nitrogen and oxygen atoms in total. The number of phenolic OH excluding ortho intramolecular Hbond substituents is 2. The molecule has 0 aliphatic heterocycles. The number of Topliss-reactive ketones (excluding diaryl/α,β-unsaturated/α-hetero) is 1. The lowest BCUT2D eigenvalue weighted by atomic mass is 10.0. The Kier molecular flexibility index (Phi) is 6.55. The van der Waals surface area contributed by atoms with E-state index >= 15 is 0 Å². The average Bonchev–Trinajstić information content (AvgIpc) is 2.74. The van der Waals surface area contributed by atoms with Gasteiger partial charge in [-0.2, -0.15) is 0 Å². The highest BCUT2D eigenvalue weighted by Crippen LogP contribution is 2.35. The summed E-state index contributed by atoms with van der Waals surface area (Å²) in [6.07, 6.45) is 0.397. The minimum atomic E-state index is -0.926. The smallest absolute Gasteiger partial charge is 0.342 e. The number of aromatic hydroxyl groups is 2. The number of carbonyl (C=O) groups is 3. The van der Waals surface area contributed by atoms with Crippen LogP contribution in [0.3, 0.4) is 0 Å². The number of rotatable bonds is 7. The van der Waals surface area contributed by atoms with Gasteiger partial charge in [0.2, 0.25) is 5.91 Å². The van der Waals surface area contributed by atoms with Crippen molar-refractivity contribution in [3.63, 3.8) is 0 Å². The molecule has 3 N–H and O–H groups in total. The van der Waals surface area contributed by atoms with Gasteiger partial charge in [0.1, 0.15) is 17.1 Å². The van der Waals surface area contributed by atoms with Gasteiger partial charge in [-0.15, -0.1) is 0 Å². The quantitative estimate of drug-likeness (QED) is 0.298. The lowest BCUT2D eigenvalue weighted by Crippen LogP contribution is -2.15. The van der Waals surface area contributed by atoms with Crippen LogP contribution in [0.2, 0.25) is 0 Å². The standard InChI is InChI=1S/C24H23NO6/c1-14(2)11-22(28)25-16-9-7-15(8-10-16)21(27)13-31-24(30)19-12-20(26)17-5-3-4-6-18(17)23(19)29/h3-10,12,14,26,29H,11,13H2,1-2H3,(H,25,28). The number of anilines is 1. The number of benzene rings is 3. The third-order valence-electron chi connectivity index (χ3n) is 4.63. The van der Waals surface area contributed by atoms with Gasteiger partial charge in [-0.1, -0.05) is 38.1 Å². The van der Waals surface area contributed by atoms with Gasteiger partial charge in [-0.05, 0) is 36.2 Å². The summed E-state index contributed by atoms with van der Waals surface area (Å²) in [6.45, 7) is 3.36. The van der Waals surface area contributed by atoms with Crippen LogP contribution in [0, 0.1) is 5.92 Å². The molecule has 0 saturated heterocycles. The van der Waals surface area contributed by atoms with E-state index in [4.69, 9.17) is 4.74 Å². The Morgan fingerprint density at radius 2 is 1.61 bits per heavy atom. The molecule has 3 aromatic carbocycles. The van der Waals surface area contributed by atoms with E-state index in [1.165, 1.54) is 12.1 Å². The Hall–Kier alpha value is -3.87. The van der Waals surface area contributed by atoms with Gasteiger partial charge in [0.15, 0.2) is 12.4 Å². The van der Waals surface area contributed by atoms with Gasteiger partial charge in [0.25, 0.3) is 0 Å². The van der Waals surface area contributed by atoms with Crippen molar-refractivity contribution in [3.8, 4) is 11.5 Å². The Morgan fingerprint density at radius 1 is 0.968 bits per heavy atom. The minimum Gasteiger partial charge on any atom is -0.507 e. The molecule has 0 aromatic heterocycles. The van der Waals surface area contributed by atoms with E-state index in [1.54, 1.807) is 36.4 Å². The number of esters is 1. The Labute approximate surface area is 179 Å². The SMILES string of the molecule is CC(C)CC(=O)Nc1ccc(C(=O)COC(=O)c2cc(O)c3ccccc3c2O)cc1. The number of carbonyl (C=O) groups excluding carboxylic acids is 3. The minimum absolute atomic E-state index is 0.110. The first-order valence-electron chi connectivity index (χ1n) is 9.80. The second kappa shape index (κ2) is 9.30. The maximum Gasteiger partial charge on any atom is 0.342 e. The third kappa shape index (κ3) is 5.19. The molecular formula is C24H23NO6. The molecule has 0 bridgehead atoms. The van der Waals surface area contributed by atoms with Crippen LogP contribution in [0.5, 0.6) is 11.5 Å². The van der Waals surface area contributed by atoms with E-state index in [9.17, 15) is 24.6 Å². The molecule has 0 aliphatic carbocycles. The fourth-order valence-corrected chi connectivity index (χ4v) is 3.11. The molecule has 1 amide bonds. The van der Waals surface area contributed by atoms with Crippen LogP contribution < -0.4 is 5.32 Å². The average molecular weight is 421 g/mol. The van der Waals surface area contributed by atoms with Crippen molar-refractivity contribution in [1.82, 2.24) is 0 Å². The highest BCUT2D eigenvalue weighted by molar-refractivity contribution is 6.05. The van der Waals surface area contributed by atoms with Crippen molar-refractivity contribution in [2.75, 3.05) is 11.9 Å². The normalized spacial score (nSPS) is 10.8. The molecule has 0 atom stereocenters. The predicted molar refractivity (Wildman–Crippen MR) is 116 cm³/mol. The fourth-order valence-electron chi connectivity index (χ4n) is 3.11. The van der Waals surface area contributed by atoms with Crippen molar-refractivity contribution in [2.24, 2.45) is 5.92 Å². The van der Waals surface area contributed by atoms with Crippen LogP contribution in [-0.2, 0) is 9.53 Å². The van der Waals surface area contributed by atoms with Crippen LogP contribution in [-0.4, -0.2) is 34.5 Å². The number of hydrogen-bond donors (Lipinski definition) is 3. The lowest BCUT2D eigenvalue weighted by molar-refractivity contribution is -0.116. The second-order valence-electron chi connectivity index (χ2n) is 7.56. The number of ether oxygens (including phenoxy) is 1. The molecule has 0 saturated carbocycles. The number of fused-ring (bicyclic) bond motifs is 1. The van der Waals surface area contributed by atoms with Crippen LogP contribution in [0.15, 0.2) is 54.6 Å². The lowest BCUT2D eigenvalue weighted by Gasteiger charge is -2.10. The van der Waals surface area contributed by atoms with Gasteiger partial charge < -0.3 is 20.3 Å². The van der Waals surface area contributed by atoms with Gasteiger partial charge in [0, 0.05) is 28.4 Å². The van der Waals surface area contributed by atoms with Crippen LogP contribution >= 0.6 is 0 Å². The molecule has 0 unspecified atom stereocenters. The summed E-state index contributed by atoms with van der Waals surface area (Å²) in [6, 6.07) is 13.9. The third-order valence-corrected chi connectivity index (χ3v) is 4.63. The van der Waals surface area contributed by atoms with E-state index in [0.717, 1.165) is 6.07 Å². The molecule has 160 valence electrons. The summed E-state index contributed by atoms with van der Waals surface area (Å²) in [5.41, 5.74) is 0.642. The zero-order valence-corrected chi connectivity index (χ0v) is 17.2. The van der Waals surface area contributed by atoms with Crippen LogP contribution in [0.4, 0.5) is 5.69 Å². The van der Waals surface area contributed by atoms with Crippen molar-refractivity contribution in [1.29, 1.82) is 0 Å². The zero-order chi connectivity index (χ0) is 22.5. The molecule has 7 heteroatoms. The number of ketones is 1. The second-order valence-corrected chi connectivity index (χ2v) is 7.56. The summed E-state index contributed by atoms with van der Waals surface area (Å²) >= 11 is 0. The Balaban J connectivity index is 1.64. The fraction of sp³-hybridized carbons (Fsp3) is 0.208. The molecule has 3 rings (SSSR count). The maximum absolute atomic E-state index is 12.4. The van der Waals surface area contributed by atoms with Crippen molar-refractivity contribution < 1.29 is 29.3 Å². The molecule has 0 spiro atoms. The molecule has 0 radical (unpaired) electrons. The first kappa shape index (κ1) is 21.8. The molecule has 0 fully saturated rings. The molecule has 3 aromatic rings. The van der Waals surface area contributed by atoms with E-state index in [-0.39, 0.29) is 28.9 Å². The predicted octanol–water partition coefficient (Wildman–Crippen LogP) is 4.28. The largest absolute Gasteiger partial charge is 0.507 e.